The van der Waals surface area contributed by atoms with Gasteiger partial charge in [-0.15, -0.1) is 0 Å². The smallest absolute Gasteiger partial charge is 0.127 e. The Balaban J connectivity index is 2.42. The van der Waals surface area contributed by atoms with Crippen LogP contribution in [0, 0.1) is 0 Å². The molecule has 1 aromatic rings. The fraction of sp³-hybridized carbons (Fsp3) is 0.500. The Morgan fingerprint density at radius 2 is 2.07 bits per heavy atom. The molecule has 1 aliphatic rings. The summed E-state index contributed by atoms with van der Waals surface area (Å²) >= 11 is 0. The minimum atomic E-state index is 0.413. The van der Waals surface area contributed by atoms with E-state index in [-0.39, 0.29) is 0 Å². The molecule has 0 saturated carbocycles. The van der Waals surface area contributed by atoms with E-state index in [2.05, 4.69) is 17.0 Å². The summed E-state index contributed by atoms with van der Waals surface area (Å²) in [5.41, 5.74) is 3.80. The zero-order valence-electron chi connectivity index (χ0n) is 9.08. The number of methoxy groups -OCH3 is 1. The maximum atomic E-state index is 5.46. The van der Waals surface area contributed by atoms with Crippen LogP contribution in [0.2, 0.25) is 0 Å². The van der Waals surface area contributed by atoms with E-state index in [0.29, 0.717) is 6.61 Å². The lowest BCUT2D eigenvalue weighted by atomic mass is 9.89. The summed E-state index contributed by atoms with van der Waals surface area (Å²) in [4.78, 5) is 4.68. The Kier molecular flexibility index (Phi) is 3.23. The quantitative estimate of drug-likeness (QED) is 0.771. The average Bonchev–Trinajstić information content (AvgIpc) is 2.29. The number of nitrogens with two attached hydrogens (primary N) is 1. The second-order valence-corrected chi connectivity index (χ2v) is 3.91. The summed E-state index contributed by atoms with van der Waals surface area (Å²) in [5, 5.41) is 0. The molecule has 3 heteroatoms. The highest BCUT2D eigenvalue weighted by atomic mass is 16.6. The SMILES string of the molecule is COc1c(CON)ccc2c1CCCC2. The van der Waals surface area contributed by atoms with Crippen molar-refractivity contribution in [2.75, 3.05) is 7.11 Å². The van der Waals surface area contributed by atoms with Gasteiger partial charge in [0, 0.05) is 5.56 Å². The normalized spacial score (nSPS) is 14.8. The maximum absolute atomic E-state index is 5.46. The molecule has 0 unspecified atom stereocenters. The summed E-state index contributed by atoms with van der Waals surface area (Å²) in [6, 6.07) is 4.22. The number of hydrogen-bond acceptors (Lipinski definition) is 3. The third-order valence-electron chi connectivity index (χ3n) is 3.00. The number of rotatable bonds is 3. The molecule has 0 bridgehead atoms. The Hall–Kier alpha value is -1.06. The molecule has 0 atom stereocenters. The molecule has 0 amide bonds. The predicted octanol–water partition coefficient (Wildman–Crippen LogP) is 1.96. The van der Waals surface area contributed by atoms with Crippen molar-refractivity contribution in [3.05, 3.63) is 28.8 Å². The summed E-state index contributed by atoms with van der Waals surface area (Å²) < 4.78 is 5.46. The molecular formula is C12H17NO2. The predicted molar refractivity (Wildman–Crippen MR) is 58.6 cm³/mol. The first-order chi connectivity index (χ1) is 7.36. The number of fused-ring (bicyclic) bond motifs is 1. The number of ether oxygens (including phenoxy) is 1. The van der Waals surface area contributed by atoms with Crippen LogP contribution in [0.5, 0.6) is 5.75 Å². The van der Waals surface area contributed by atoms with Crippen molar-refractivity contribution < 1.29 is 9.57 Å². The fourth-order valence-corrected chi connectivity index (χ4v) is 2.30. The lowest BCUT2D eigenvalue weighted by molar-refractivity contribution is 0.122. The monoisotopic (exact) mass is 207 g/mol. The van der Waals surface area contributed by atoms with Crippen molar-refractivity contribution in [1.82, 2.24) is 0 Å². The minimum Gasteiger partial charge on any atom is -0.496 e. The van der Waals surface area contributed by atoms with Crippen LogP contribution in [-0.4, -0.2) is 7.11 Å². The fourth-order valence-electron chi connectivity index (χ4n) is 2.30. The second kappa shape index (κ2) is 4.64. The summed E-state index contributed by atoms with van der Waals surface area (Å²) in [6.07, 6.45) is 4.80. The van der Waals surface area contributed by atoms with Crippen molar-refractivity contribution >= 4 is 0 Å². The Morgan fingerprint density at radius 1 is 1.27 bits per heavy atom. The molecule has 1 aromatic carbocycles. The van der Waals surface area contributed by atoms with E-state index in [1.54, 1.807) is 7.11 Å². The molecule has 82 valence electrons. The van der Waals surface area contributed by atoms with Gasteiger partial charge in [-0.05, 0) is 36.8 Å². The molecule has 0 spiro atoms. The number of benzene rings is 1. The Morgan fingerprint density at radius 3 is 2.80 bits per heavy atom. The zero-order valence-corrected chi connectivity index (χ0v) is 9.08. The molecule has 0 aromatic heterocycles. The van der Waals surface area contributed by atoms with Crippen molar-refractivity contribution in [2.45, 2.75) is 32.3 Å². The minimum absolute atomic E-state index is 0.413. The largest absolute Gasteiger partial charge is 0.496 e. The van der Waals surface area contributed by atoms with Gasteiger partial charge in [-0.25, -0.2) is 5.90 Å². The van der Waals surface area contributed by atoms with Gasteiger partial charge < -0.3 is 4.74 Å². The molecule has 2 rings (SSSR count). The maximum Gasteiger partial charge on any atom is 0.127 e. The third kappa shape index (κ3) is 1.98. The molecule has 0 heterocycles. The Bertz CT molecular complexity index is 350. The average molecular weight is 207 g/mol. The van der Waals surface area contributed by atoms with Crippen LogP contribution in [-0.2, 0) is 24.3 Å². The van der Waals surface area contributed by atoms with Gasteiger partial charge in [0.2, 0.25) is 0 Å². The standard InChI is InChI=1S/C12H17NO2/c1-14-12-10(8-15-13)7-6-9-4-2-3-5-11(9)12/h6-7H,2-5,8,13H2,1H3. The first-order valence-corrected chi connectivity index (χ1v) is 5.36. The van der Waals surface area contributed by atoms with Gasteiger partial charge in [-0.1, -0.05) is 12.1 Å². The van der Waals surface area contributed by atoms with E-state index >= 15 is 0 Å². The summed E-state index contributed by atoms with van der Waals surface area (Å²) in [7, 11) is 1.71. The highest BCUT2D eigenvalue weighted by Crippen LogP contribution is 2.32. The molecule has 0 saturated heterocycles. The van der Waals surface area contributed by atoms with Crippen LogP contribution in [0.3, 0.4) is 0 Å². The van der Waals surface area contributed by atoms with Crippen LogP contribution < -0.4 is 10.6 Å². The van der Waals surface area contributed by atoms with E-state index in [9.17, 15) is 0 Å². The van der Waals surface area contributed by atoms with E-state index in [4.69, 9.17) is 10.6 Å². The van der Waals surface area contributed by atoms with Gasteiger partial charge in [-0.2, -0.15) is 0 Å². The molecule has 0 aliphatic heterocycles. The van der Waals surface area contributed by atoms with Crippen LogP contribution in [0.15, 0.2) is 12.1 Å². The van der Waals surface area contributed by atoms with Crippen molar-refractivity contribution in [3.8, 4) is 5.75 Å². The molecule has 3 nitrogen and oxygen atoms in total. The van der Waals surface area contributed by atoms with Crippen LogP contribution in [0.1, 0.15) is 29.5 Å². The highest BCUT2D eigenvalue weighted by Gasteiger charge is 2.16. The number of hydrogen-bond donors (Lipinski definition) is 1. The van der Waals surface area contributed by atoms with Gasteiger partial charge >= 0.3 is 0 Å². The van der Waals surface area contributed by atoms with Crippen molar-refractivity contribution in [2.24, 2.45) is 5.90 Å². The highest BCUT2D eigenvalue weighted by molar-refractivity contribution is 5.47. The lowest BCUT2D eigenvalue weighted by Gasteiger charge is -2.20. The Labute approximate surface area is 90.1 Å². The third-order valence-corrected chi connectivity index (χ3v) is 3.00. The van der Waals surface area contributed by atoms with E-state index in [0.717, 1.165) is 24.2 Å². The van der Waals surface area contributed by atoms with Crippen LogP contribution >= 0.6 is 0 Å². The van der Waals surface area contributed by atoms with Gasteiger partial charge in [0.1, 0.15) is 5.75 Å². The van der Waals surface area contributed by atoms with Gasteiger partial charge in [0.05, 0.1) is 13.7 Å². The molecule has 15 heavy (non-hydrogen) atoms. The molecule has 0 fully saturated rings. The van der Waals surface area contributed by atoms with Crippen LogP contribution in [0.25, 0.3) is 0 Å². The van der Waals surface area contributed by atoms with Crippen molar-refractivity contribution in [1.29, 1.82) is 0 Å². The van der Waals surface area contributed by atoms with E-state index < -0.39 is 0 Å². The van der Waals surface area contributed by atoms with Gasteiger partial charge in [0.25, 0.3) is 0 Å². The molecule has 0 radical (unpaired) electrons. The summed E-state index contributed by atoms with van der Waals surface area (Å²) in [6.45, 7) is 0.413. The summed E-state index contributed by atoms with van der Waals surface area (Å²) in [5.74, 6) is 6.07. The second-order valence-electron chi connectivity index (χ2n) is 3.91. The molecule has 2 N–H and O–H groups in total. The van der Waals surface area contributed by atoms with Crippen molar-refractivity contribution in [3.63, 3.8) is 0 Å². The van der Waals surface area contributed by atoms with Gasteiger partial charge in [0.15, 0.2) is 0 Å². The lowest BCUT2D eigenvalue weighted by Crippen LogP contribution is -2.08. The molecule has 1 aliphatic carbocycles. The zero-order chi connectivity index (χ0) is 10.7. The van der Waals surface area contributed by atoms with E-state index in [1.165, 1.54) is 24.0 Å². The molecular weight excluding hydrogens is 190 g/mol. The van der Waals surface area contributed by atoms with E-state index in [1.807, 2.05) is 0 Å². The van der Waals surface area contributed by atoms with Crippen LogP contribution in [0.4, 0.5) is 0 Å². The van der Waals surface area contributed by atoms with Gasteiger partial charge in [-0.3, -0.25) is 4.84 Å². The number of aryl methyl sites for hydroxylation is 1. The topological polar surface area (TPSA) is 44.5 Å². The first kappa shape index (κ1) is 10.5. The first-order valence-electron chi connectivity index (χ1n) is 5.36.